The lowest BCUT2D eigenvalue weighted by Crippen LogP contribution is -1.94. The molecule has 0 fully saturated rings. The fourth-order valence-electron chi connectivity index (χ4n) is 1.69. The predicted octanol–water partition coefficient (Wildman–Crippen LogP) is 3.05. The maximum absolute atomic E-state index is 11.9. The van der Waals surface area contributed by atoms with Gasteiger partial charge in [-0.15, -0.1) is 0 Å². The third kappa shape index (κ3) is 4.68. The van der Waals surface area contributed by atoms with E-state index in [1.165, 1.54) is 18.2 Å². The molecule has 0 saturated carbocycles. The molecule has 2 N–H and O–H groups in total. The average Bonchev–Trinajstić information content (AvgIpc) is 2.45. The molecular formula is C15H13O5P. The van der Waals surface area contributed by atoms with Crippen molar-refractivity contribution in [1.29, 1.82) is 0 Å². The van der Waals surface area contributed by atoms with Crippen LogP contribution in [0.3, 0.4) is 0 Å². The molecule has 0 aromatic heterocycles. The first-order valence-corrected chi connectivity index (χ1v) is 7.60. The molecule has 5 nitrogen and oxygen atoms in total. The Morgan fingerprint density at radius 1 is 1.00 bits per heavy atom. The third-order valence-electron chi connectivity index (χ3n) is 2.61. The van der Waals surface area contributed by atoms with Gasteiger partial charge in [0.25, 0.3) is 0 Å². The molecule has 2 aromatic carbocycles. The standard InChI is InChI=1S/C15H13O5P/c16-14(12-6-2-1-3-7-12)11-10-13-8-4-5-9-15(13)20-21(17,18)19/h1-11H,(H2,17,18,19)/b11-10+. The Hall–Kier alpha value is -2.20. The highest BCUT2D eigenvalue weighted by molar-refractivity contribution is 7.46. The summed E-state index contributed by atoms with van der Waals surface area (Å²) in [4.78, 5) is 29.6. The van der Waals surface area contributed by atoms with Crippen LogP contribution in [0.4, 0.5) is 0 Å². The van der Waals surface area contributed by atoms with E-state index in [1.54, 1.807) is 42.5 Å². The Kier molecular flexibility index (Phi) is 4.70. The van der Waals surface area contributed by atoms with E-state index in [-0.39, 0.29) is 11.5 Å². The Morgan fingerprint density at radius 2 is 1.62 bits per heavy atom. The minimum atomic E-state index is -4.64. The number of para-hydroxylation sites is 1. The lowest BCUT2D eigenvalue weighted by atomic mass is 10.1. The molecule has 21 heavy (non-hydrogen) atoms. The second-order valence-corrected chi connectivity index (χ2v) is 5.35. The van der Waals surface area contributed by atoms with Gasteiger partial charge < -0.3 is 4.52 Å². The van der Waals surface area contributed by atoms with Gasteiger partial charge in [-0.1, -0.05) is 48.5 Å². The van der Waals surface area contributed by atoms with E-state index in [0.717, 1.165) is 0 Å². The molecule has 0 radical (unpaired) electrons. The van der Waals surface area contributed by atoms with E-state index in [2.05, 4.69) is 4.52 Å². The van der Waals surface area contributed by atoms with Gasteiger partial charge in [-0.3, -0.25) is 14.6 Å². The van der Waals surface area contributed by atoms with Gasteiger partial charge >= 0.3 is 7.82 Å². The highest BCUT2D eigenvalue weighted by atomic mass is 31.2. The summed E-state index contributed by atoms with van der Waals surface area (Å²) in [5.41, 5.74) is 0.937. The van der Waals surface area contributed by atoms with Crippen LogP contribution < -0.4 is 4.52 Å². The summed E-state index contributed by atoms with van der Waals surface area (Å²) in [5, 5.41) is 0. The molecular weight excluding hydrogens is 291 g/mol. The van der Waals surface area contributed by atoms with Crippen molar-refractivity contribution >= 4 is 19.7 Å². The summed E-state index contributed by atoms with van der Waals surface area (Å²) in [6, 6.07) is 15.0. The van der Waals surface area contributed by atoms with Crippen LogP contribution in [0.2, 0.25) is 0 Å². The molecule has 108 valence electrons. The molecule has 6 heteroatoms. The minimum Gasteiger partial charge on any atom is -0.404 e. The molecule has 0 unspecified atom stereocenters. The molecule has 2 rings (SSSR count). The molecule has 0 heterocycles. The Balaban J connectivity index is 2.22. The van der Waals surface area contributed by atoms with Crippen molar-refractivity contribution in [2.24, 2.45) is 0 Å². The normalized spacial score (nSPS) is 11.5. The molecule has 0 spiro atoms. The van der Waals surface area contributed by atoms with E-state index < -0.39 is 7.82 Å². The number of ketones is 1. The number of hydrogen-bond acceptors (Lipinski definition) is 3. The number of rotatable bonds is 5. The zero-order chi connectivity index (χ0) is 15.3. The summed E-state index contributed by atoms with van der Waals surface area (Å²) in [5.74, 6) is -0.190. The molecule has 0 atom stereocenters. The minimum absolute atomic E-state index is 0.0166. The molecule has 0 bridgehead atoms. The van der Waals surface area contributed by atoms with Gasteiger partial charge in [0.15, 0.2) is 5.78 Å². The summed E-state index contributed by atoms with van der Waals surface area (Å²) in [6.07, 6.45) is 2.79. The van der Waals surface area contributed by atoms with Crippen molar-refractivity contribution < 1.29 is 23.7 Å². The van der Waals surface area contributed by atoms with Crippen molar-refractivity contribution in [3.8, 4) is 5.75 Å². The molecule has 0 saturated heterocycles. The van der Waals surface area contributed by atoms with Crippen LogP contribution in [0.5, 0.6) is 5.75 Å². The highest BCUT2D eigenvalue weighted by Crippen LogP contribution is 2.39. The van der Waals surface area contributed by atoms with Gasteiger partial charge in [0.2, 0.25) is 0 Å². The number of hydrogen-bond donors (Lipinski definition) is 2. The molecule has 0 aliphatic heterocycles. The number of phosphoric ester groups is 1. The first kappa shape index (κ1) is 15.2. The predicted molar refractivity (Wildman–Crippen MR) is 78.9 cm³/mol. The quantitative estimate of drug-likeness (QED) is 0.504. The first-order valence-electron chi connectivity index (χ1n) is 6.07. The lowest BCUT2D eigenvalue weighted by molar-refractivity contribution is 0.104. The molecule has 2 aromatic rings. The zero-order valence-electron chi connectivity index (χ0n) is 10.9. The fourth-order valence-corrected chi connectivity index (χ4v) is 2.12. The third-order valence-corrected chi connectivity index (χ3v) is 3.04. The fraction of sp³-hybridized carbons (Fsp3) is 0. The van der Waals surface area contributed by atoms with Crippen molar-refractivity contribution in [2.75, 3.05) is 0 Å². The number of phosphoric acid groups is 1. The molecule has 0 aliphatic rings. The van der Waals surface area contributed by atoms with Gasteiger partial charge in [-0.05, 0) is 18.2 Å². The Morgan fingerprint density at radius 3 is 2.29 bits per heavy atom. The maximum atomic E-state index is 11.9. The van der Waals surface area contributed by atoms with E-state index in [9.17, 15) is 9.36 Å². The van der Waals surface area contributed by atoms with Crippen molar-refractivity contribution in [3.63, 3.8) is 0 Å². The summed E-state index contributed by atoms with van der Waals surface area (Å²) in [7, 11) is -4.64. The van der Waals surface area contributed by atoms with Crippen molar-refractivity contribution in [3.05, 3.63) is 71.8 Å². The highest BCUT2D eigenvalue weighted by Gasteiger charge is 2.17. The van der Waals surface area contributed by atoms with Crippen LogP contribution in [0, 0.1) is 0 Å². The van der Waals surface area contributed by atoms with Crippen LogP contribution in [0.25, 0.3) is 6.08 Å². The average molecular weight is 304 g/mol. The summed E-state index contributed by atoms with van der Waals surface area (Å²) >= 11 is 0. The van der Waals surface area contributed by atoms with Gasteiger partial charge in [0, 0.05) is 11.1 Å². The zero-order valence-corrected chi connectivity index (χ0v) is 11.8. The van der Waals surface area contributed by atoms with Crippen molar-refractivity contribution in [2.45, 2.75) is 0 Å². The number of allylic oxidation sites excluding steroid dienone is 1. The first-order chi connectivity index (χ1) is 9.96. The summed E-state index contributed by atoms with van der Waals surface area (Å²) in [6.45, 7) is 0. The van der Waals surface area contributed by atoms with Gasteiger partial charge in [0.05, 0.1) is 0 Å². The number of benzene rings is 2. The SMILES string of the molecule is O=C(/C=C/c1ccccc1OP(=O)(O)O)c1ccccc1. The Labute approximate surface area is 121 Å². The number of carbonyl (C=O) groups is 1. The largest absolute Gasteiger partial charge is 0.524 e. The van der Waals surface area contributed by atoms with Crippen molar-refractivity contribution in [1.82, 2.24) is 0 Å². The van der Waals surface area contributed by atoms with Crippen LogP contribution in [0.1, 0.15) is 15.9 Å². The summed E-state index contributed by atoms with van der Waals surface area (Å²) < 4.78 is 15.5. The lowest BCUT2D eigenvalue weighted by Gasteiger charge is -2.09. The second-order valence-electron chi connectivity index (χ2n) is 4.18. The van der Waals surface area contributed by atoms with Crippen LogP contribution in [-0.4, -0.2) is 15.6 Å². The second kappa shape index (κ2) is 6.50. The van der Waals surface area contributed by atoms with E-state index in [1.807, 2.05) is 6.07 Å². The maximum Gasteiger partial charge on any atom is 0.524 e. The van der Waals surface area contributed by atoms with E-state index in [4.69, 9.17) is 9.79 Å². The molecule has 0 amide bonds. The van der Waals surface area contributed by atoms with Crippen LogP contribution >= 0.6 is 7.82 Å². The van der Waals surface area contributed by atoms with E-state index in [0.29, 0.717) is 11.1 Å². The van der Waals surface area contributed by atoms with Gasteiger partial charge in [-0.25, -0.2) is 4.57 Å². The smallest absolute Gasteiger partial charge is 0.404 e. The van der Waals surface area contributed by atoms with Crippen LogP contribution in [-0.2, 0) is 4.57 Å². The number of carbonyl (C=O) groups excluding carboxylic acids is 1. The van der Waals surface area contributed by atoms with Crippen LogP contribution in [0.15, 0.2) is 60.7 Å². The van der Waals surface area contributed by atoms with E-state index >= 15 is 0 Å². The molecule has 0 aliphatic carbocycles. The van der Waals surface area contributed by atoms with Gasteiger partial charge in [-0.2, -0.15) is 0 Å². The Bertz CT molecular complexity index is 703. The van der Waals surface area contributed by atoms with Gasteiger partial charge in [0.1, 0.15) is 5.75 Å². The monoisotopic (exact) mass is 304 g/mol. The topological polar surface area (TPSA) is 83.8 Å².